The minimum atomic E-state index is -0.609. The van der Waals surface area contributed by atoms with E-state index >= 15 is 0 Å². The van der Waals surface area contributed by atoms with Gasteiger partial charge in [-0.25, -0.2) is 4.98 Å². The zero-order valence-electron chi connectivity index (χ0n) is 13.3. The maximum absolute atomic E-state index is 12.4. The van der Waals surface area contributed by atoms with Gasteiger partial charge in [0.1, 0.15) is 10.7 Å². The van der Waals surface area contributed by atoms with Crippen molar-refractivity contribution in [3.8, 4) is 11.3 Å². The van der Waals surface area contributed by atoms with E-state index in [9.17, 15) is 14.9 Å². The van der Waals surface area contributed by atoms with E-state index in [4.69, 9.17) is 4.42 Å². The molecule has 0 atom stereocenters. The van der Waals surface area contributed by atoms with Crippen LogP contribution in [-0.4, -0.2) is 26.9 Å². The SMILES string of the molecule is O=C(NCCCn1ccnc1)c1ccccc1-c1ccc([N+](=O)[O-])o1. The fraction of sp³-hybridized carbons (Fsp3) is 0.176. The average molecular weight is 340 g/mol. The van der Waals surface area contributed by atoms with Crippen molar-refractivity contribution in [3.63, 3.8) is 0 Å². The second kappa shape index (κ2) is 7.43. The predicted octanol–water partition coefficient (Wildman–Crippen LogP) is 2.87. The zero-order valence-corrected chi connectivity index (χ0v) is 13.3. The van der Waals surface area contributed by atoms with E-state index < -0.39 is 4.92 Å². The number of nitrogens with one attached hydrogen (secondary N) is 1. The molecule has 2 aromatic heterocycles. The van der Waals surface area contributed by atoms with E-state index in [1.165, 1.54) is 12.1 Å². The van der Waals surface area contributed by atoms with Crippen molar-refractivity contribution in [3.05, 3.63) is 70.8 Å². The van der Waals surface area contributed by atoms with Crippen LogP contribution < -0.4 is 5.32 Å². The Morgan fingerprint density at radius 2 is 2.12 bits per heavy atom. The molecular formula is C17H16N4O4. The molecule has 2 heterocycles. The first-order valence-electron chi connectivity index (χ1n) is 7.73. The number of hydrogen-bond donors (Lipinski definition) is 1. The maximum Gasteiger partial charge on any atom is 0.433 e. The van der Waals surface area contributed by atoms with Crippen LogP contribution in [0.4, 0.5) is 5.88 Å². The van der Waals surface area contributed by atoms with Gasteiger partial charge in [-0.15, -0.1) is 0 Å². The number of amides is 1. The van der Waals surface area contributed by atoms with E-state index in [2.05, 4.69) is 10.3 Å². The van der Waals surface area contributed by atoms with Crippen molar-refractivity contribution in [2.24, 2.45) is 0 Å². The molecule has 0 aliphatic heterocycles. The van der Waals surface area contributed by atoms with Crippen molar-refractivity contribution in [1.82, 2.24) is 14.9 Å². The average Bonchev–Trinajstić information content (AvgIpc) is 3.30. The lowest BCUT2D eigenvalue weighted by atomic mass is 10.0. The summed E-state index contributed by atoms with van der Waals surface area (Å²) in [6.45, 7) is 1.26. The fourth-order valence-electron chi connectivity index (χ4n) is 2.44. The summed E-state index contributed by atoms with van der Waals surface area (Å²) in [4.78, 5) is 26.5. The first kappa shape index (κ1) is 16.4. The Labute approximate surface area is 143 Å². The standard InChI is InChI=1S/C17H16N4O4/c22-17(19-8-3-10-20-11-9-18-12-20)14-5-2-1-4-13(14)15-6-7-16(25-15)21(23)24/h1-2,4-7,9,11-12H,3,8,10H2,(H,19,22). The molecule has 0 spiro atoms. The lowest BCUT2D eigenvalue weighted by Crippen LogP contribution is -2.25. The van der Waals surface area contributed by atoms with Gasteiger partial charge in [-0.3, -0.25) is 14.9 Å². The van der Waals surface area contributed by atoms with Crippen LogP contribution in [0.5, 0.6) is 0 Å². The van der Waals surface area contributed by atoms with Gasteiger partial charge in [-0.2, -0.15) is 0 Å². The Morgan fingerprint density at radius 3 is 2.84 bits per heavy atom. The van der Waals surface area contributed by atoms with Crippen LogP contribution in [0.15, 0.2) is 59.5 Å². The van der Waals surface area contributed by atoms with Crippen LogP contribution in [0.1, 0.15) is 16.8 Å². The van der Waals surface area contributed by atoms with E-state index in [0.717, 1.165) is 13.0 Å². The molecule has 0 radical (unpaired) electrons. The summed E-state index contributed by atoms with van der Waals surface area (Å²) >= 11 is 0. The van der Waals surface area contributed by atoms with Gasteiger partial charge in [0.15, 0.2) is 0 Å². The van der Waals surface area contributed by atoms with Gasteiger partial charge in [0.05, 0.1) is 18.0 Å². The molecular weight excluding hydrogens is 324 g/mol. The summed E-state index contributed by atoms with van der Waals surface area (Å²) in [6, 6.07) is 9.61. The molecule has 8 heteroatoms. The van der Waals surface area contributed by atoms with Crippen LogP contribution in [-0.2, 0) is 6.54 Å². The maximum atomic E-state index is 12.4. The summed E-state index contributed by atoms with van der Waals surface area (Å²) in [5, 5.41) is 13.6. The van der Waals surface area contributed by atoms with E-state index in [-0.39, 0.29) is 17.6 Å². The molecule has 1 N–H and O–H groups in total. The van der Waals surface area contributed by atoms with Gasteiger partial charge in [0.25, 0.3) is 5.91 Å². The molecule has 0 aliphatic rings. The number of aromatic nitrogens is 2. The van der Waals surface area contributed by atoms with E-state index in [1.54, 1.807) is 36.8 Å². The molecule has 0 saturated carbocycles. The molecule has 0 aliphatic carbocycles. The van der Waals surface area contributed by atoms with Crippen LogP contribution in [0.3, 0.4) is 0 Å². The lowest BCUT2D eigenvalue weighted by molar-refractivity contribution is -0.401. The fourth-order valence-corrected chi connectivity index (χ4v) is 2.44. The van der Waals surface area contributed by atoms with Crippen LogP contribution >= 0.6 is 0 Å². The minimum absolute atomic E-state index is 0.250. The van der Waals surface area contributed by atoms with E-state index in [0.29, 0.717) is 17.7 Å². The Hall–Kier alpha value is -3.42. The Kier molecular flexibility index (Phi) is 4.89. The molecule has 0 fully saturated rings. The van der Waals surface area contributed by atoms with Gasteiger partial charge in [0, 0.05) is 31.0 Å². The molecule has 1 amide bonds. The topological polar surface area (TPSA) is 103 Å². The van der Waals surface area contributed by atoms with E-state index in [1.807, 2.05) is 10.8 Å². The number of nitro groups is 1. The number of benzene rings is 1. The molecule has 0 saturated heterocycles. The number of nitrogens with zero attached hydrogens (tertiary/aromatic N) is 3. The number of rotatable bonds is 7. The highest BCUT2D eigenvalue weighted by Crippen LogP contribution is 2.28. The summed E-state index contributed by atoms with van der Waals surface area (Å²) in [5.74, 6) is -0.318. The quantitative estimate of drug-likeness (QED) is 0.405. The highest BCUT2D eigenvalue weighted by atomic mass is 16.6. The van der Waals surface area contributed by atoms with Gasteiger partial charge in [-0.1, -0.05) is 18.2 Å². The van der Waals surface area contributed by atoms with Crippen molar-refractivity contribution >= 4 is 11.8 Å². The molecule has 0 bridgehead atoms. The largest absolute Gasteiger partial charge is 0.433 e. The molecule has 128 valence electrons. The number of imidazole rings is 1. The Bertz CT molecular complexity index is 870. The minimum Gasteiger partial charge on any atom is -0.401 e. The number of carbonyl (C=O) groups excluding carboxylic acids is 1. The molecule has 1 aromatic carbocycles. The second-order valence-electron chi connectivity index (χ2n) is 5.35. The van der Waals surface area contributed by atoms with Crippen molar-refractivity contribution in [2.75, 3.05) is 6.54 Å². The van der Waals surface area contributed by atoms with Gasteiger partial charge >= 0.3 is 5.88 Å². The molecule has 0 unspecified atom stereocenters. The first-order valence-corrected chi connectivity index (χ1v) is 7.73. The zero-order chi connectivity index (χ0) is 17.6. The van der Waals surface area contributed by atoms with Crippen LogP contribution in [0.2, 0.25) is 0 Å². The van der Waals surface area contributed by atoms with Gasteiger partial charge < -0.3 is 14.3 Å². The number of carbonyl (C=O) groups is 1. The Morgan fingerprint density at radius 1 is 1.28 bits per heavy atom. The summed E-state index contributed by atoms with van der Waals surface area (Å²) in [7, 11) is 0. The molecule has 3 rings (SSSR count). The third kappa shape index (κ3) is 3.92. The monoisotopic (exact) mass is 340 g/mol. The third-order valence-electron chi connectivity index (χ3n) is 3.65. The van der Waals surface area contributed by atoms with Crippen molar-refractivity contribution < 1.29 is 14.1 Å². The lowest BCUT2D eigenvalue weighted by Gasteiger charge is -2.09. The highest BCUT2D eigenvalue weighted by Gasteiger charge is 2.18. The normalized spacial score (nSPS) is 10.6. The predicted molar refractivity (Wildman–Crippen MR) is 90.0 cm³/mol. The van der Waals surface area contributed by atoms with Crippen molar-refractivity contribution in [1.29, 1.82) is 0 Å². The van der Waals surface area contributed by atoms with Crippen molar-refractivity contribution in [2.45, 2.75) is 13.0 Å². The first-order chi connectivity index (χ1) is 12.1. The smallest absolute Gasteiger partial charge is 0.401 e. The van der Waals surface area contributed by atoms with Gasteiger partial charge in [-0.05, 0) is 18.6 Å². The molecule has 25 heavy (non-hydrogen) atoms. The van der Waals surface area contributed by atoms with Gasteiger partial charge in [0.2, 0.25) is 0 Å². The summed E-state index contributed by atoms with van der Waals surface area (Å²) in [6.07, 6.45) is 6.05. The highest BCUT2D eigenvalue weighted by molar-refractivity contribution is 6.00. The third-order valence-corrected chi connectivity index (χ3v) is 3.65. The summed E-state index contributed by atoms with van der Waals surface area (Å²) in [5.41, 5.74) is 0.928. The number of aryl methyl sites for hydroxylation is 1. The summed E-state index contributed by atoms with van der Waals surface area (Å²) < 4.78 is 7.14. The molecule has 3 aromatic rings. The van der Waals surface area contributed by atoms with Crippen LogP contribution in [0, 0.1) is 10.1 Å². The van der Waals surface area contributed by atoms with Crippen LogP contribution in [0.25, 0.3) is 11.3 Å². The number of furan rings is 1. The molecule has 8 nitrogen and oxygen atoms in total. The second-order valence-corrected chi connectivity index (χ2v) is 5.35. The number of hydrogen-bond acceptors (Lipinski definition) is 5. The Balaban J connectivity index is 1.67.